The predicted molar refractivity (Wildman–Crippen MR) is 48.2 cm³/mol. The number of aryl methyl sites for hydroxylation is 1. The molecule has 11 heavy (non-hydrogen) atoms. The molecule has 58 valence electrons. The Morgan fingerprint density at radius 3 is 3.00 bits per heavy atom. The minimum atomic E-state index is 0.576. The van der Waals surface area contributed by atoms with Crippen molar-refractivity contribution in [2.45, 2.75) is 11.9 Å². The zero-order valence-electron chi connectivity index (χ0n) is 6.37. The van der Waals surface area contributed by atoms with Gasteiger partial charge >= 0.3 is 0 Å². The van der Waals surface area contributed by atoms with Crippen LogP contribution in [0.3, 0.4) is 0 Å². The zero-order chi connectivity index (χ0) is 8.27. The largest absolute Gasteiger partial charge is 0.394 e. The van der Waals surface area contributed by atoms with E-state index in [-0.39, 0.29) is 0 Å². The number of aromatic nitrogens is 1. The highest BCUT2D eigenvalue weighted by atomic mass is 32.2. The Hall–Kier alpha value is -0.960. The second-order valence-corrected chi connectivity index (χ2v) is 3.31. The molecule has 0 aliphatic rings. The van der Waals surface area contributed by atoms with Crippen LogP contribution in [0.15, 0.2) is 35.0 Å². The molecule has 0 bridgehead atoms. The number of rotatable bonds is 2. The van der Waals surface area contributed by atoms with Crippen molar-refractivity contribution in [3.63, 3.8) is 0 Å². The van der Waals surface area contributed by atoms with Gasteiger partial charge in [0, 0.05) is 6.20 Å². The minimum Gasteiger partial charge on any atom is -0.394 e. The van der Waals surface area contributed by atoms with E-state index < -0.39 is 0 Å². The number of hydrogen-bond acceptors (Lipinski definition) is 3. The standard InChI is InChI=1S/C8H10N2S/c1-6-4-3-5-10-8(6)11-7(2)9/h3-5H,2,9H2,1H3. The van der Waals surface area contributed by atoms with Gasteiger partial charge in [-0.05, 0) is 18.6 Å². The lowest BCUT2D eigenvalue weighted by molar-refractivity contribution is 1.08. The monoisotopic (exact) mass is 166 g/mol. The van der Waals surface area contributed by atoms with Crippen LogP contribution in [0.25, 0.3) is 0 Å². The van der Waals surface area contributed by atoms with Gasteiger partial charge in [0.2, 0.25) is 0 Å². The summed E-state index contributed by atoms with van der Waals surface area (Å²) in [6.07, 6.45) is 1.75. The highest BCUT2D eigenvalue weighted by Gasteiger charge is 1.98. The molecule has 0 saturated heterocycles. The van der Waals surface area contributed by atoms with Crippen molar-refractivity contribution in [1.82, 2.24) is 4.98 Å². The fourth-order valence-corrected chi connectivity index (χ4v) is 1.29. The molecule has 0 aliphatic heterocycles. The van der Waals surface area contributed by atoms with Crippen LogP contribution in [0.4, 0.5) is 0 Å². The molecule has 1 aromatic rings. The fourth-order valence-electron chi connectivity index (χ4n) is 0.702. The maximum Gasteiger partial charge on any atom is 0.105 e. The van der Waals surface area contributed by atoms with Crippen molar-refractivity contribution in [1.29, 1.82) is 0 Å². The molecule has 1 aromatic heterocycles. The van der Waals surface area contributed by atoms with Crippen LogP contribution in [0, 0.1) is 6.92 Å². The Bertz CT molecular complexity index is 271. The van der Waals surface area contributed by atoms with E-state index in [2.05, 4.69) is 11.6 Å². The van der Waals surface area contributed by atoms with E-state index in [9.17, 15) is 0 Å². The summed E-state index contributed by atoms with van der Waals surface area (Å²) in [5.74, 6) is 0. The Labute approximate surface area is 70.5 Å². The van der Waals surface area contributed by atoms with E-state index >= 15 is 0 Å². The first-order valence-electron chi connectivity index (χ1n) is 3.24. The average Bonchev–Trinajstić information content (AvgIpc) is 1.93. The van der Waals surface area contributed by atoms with Crippen LogP contribution in [-0.4, -0.2) is 4.98 Å². The maximum absolute atomic E-state index is 5.42. The van der Waals surface area contributed by atoms with Gasteiger partial charge in [0.05, 0.1) is 5.03 Å². The fraction of sp³-hybridized carbons (Fsp3) is 0.125. The topological polar surface area (TPSA) is 38.9 Å². The number of hydrogen-bond donors (Lipinski definition) is 1. The third kappa shape index (κ3) is 2.27. The lowest BCUT2D eigenvalue weighted by Crippen LogP contribution is -1.91. The Balaban J connectivity index is 2.86. The molecule has 0 saturated carbocycles. The van der Waals surface area contributed by atoms with Crippen LogP contribution in [0.1, 0.15) is 5.56 Å². The number of thioether (sulfide) groups is 1. The van der Waals surface area contributed by atoms with Crippen molar-refractivity contribution < 1.29 is 0 Å². The molecule has 0 atom stereocenters. The molecular weight excluding hydrogens is 156 g/mol. The summed E-state index contributed by atoms with van der Waals surface area (Å²) in [5.41, 5.74) is 6.55. The smallest absolute Gasteiger partial charge is 0.105 e. The third-order valence-corrected chi connectivity index (χ3v) is 2.07. The third-order valence-electron chi connectivity index (χ3n) is 1.19. The van der Waals surface area contributed by atoms with Crippen molar-refractivity contribution in [2.75, 3.05) is 0 Å². The predicted octanol–water partition coefficient (Wildman–Crippen LogP) is 1.91. The van der Waals surface area contributed by atoms with Crippen molar-refractivity contribution in [3.05, 3.63) is 35.5 Å². The van der Waals surface area contributed by atoms with Gasteiger partial charge in [-0.25, -0.2) is 4.98 Å². The summed E-state index contributed by atoms with van der Waals surface area (Å²) < 4.78 is 0. The molecular formula is C8H10N2S. The summed E-state index contributed by atoms with van der Waals surface area (Å²) in [5, 5.41) is 1.51. The van der Waals surface area contributed by atoms with Crippen LogP contribution in [0.2, 0.25) is 0 Å². The first-order chi connectivity index (χ1) is 5.20. The molecule has 3 heteroatoms. The van der Waals surface area contributed by atoms with Gasteiger partial charge in [-0.1, -0.05) is 24.4 Å². The second kappa shape index (κ2) is 3.44. The molecule has 0 spiro atoms. The SMILES string of the molecule is C=C(N)Sc1ncccc1C. The van der Waals surface area contributed by atoms with E-state index in [1.807, 2.05) is 19.1 Å². The molecule has 2 N–H and O–H groups in total. The molecule has 0 fully saturated rings. The van der Waals surface area contributed by atoms with Crippen molar-refractivity contribution in [3.8, 4) is 0 Å². The minimum absolute atomic E-state index is 0.576. The van der Waals surface area contributed by atoms with Gasteiger partial charge in [-0.3, -0.25) is 0 Å². The molecule has 1 heterocycles. The van der Waals surface area contributed by atoms with E-state index in [1.165, 1.54) is 11.8 Å². The molecule has 0 radical (unpaired) electrons. The van der Waals surface area contributed by atoms with Crippen LogP contribution < -0.4 is 5.73 Å². The molecule has 0 amide bonds. The van der Waals surface area contributed by atoms with E-state index in [0.29, 0.717) is 5.03 Å². The highest BCUT2D eigenvalue weighted by Crippen LogP contribution is 2.22. The van der Waals surface area contributed by atoms with E-state index in [1.54, 1.807) is 6.20 Å². The summed E-state index contributed by atoms with van der Waals surface area (Å²) in [7, 11) is 0. The number of nitrogens with zero attached hydrogens (tertiary/aromatic N) is 1. The molecule has 0 aliphatic carbocycles. The Kier molecular flexibility index (Phi) is 2.54. The lowest BCUT2D eigenvalue weighted by Gasteiger charge is -2.01. The van der Waals surface area contributed by atoms with E-state index in [4.69, 9.17) is 5.73 Å². The zero-order valence-corrected chi connectivity index (χ0v) is 7.19. The first kappa shape index (κ1) is 8.14. The van der Waals surface area contributed by atoms with Gasteiger partial charge in [-0.15, -0.1) is 0 Å². The molecule has 1 rings (SSSR count). The average molecular weight is 166 g/mol. The van der Waals surface area contributed by atoms with Gasteiger partial charge in [0.1, 0.15) is 5.03 Å². The Morgan fingerprint density at radius 1 is 1.73 bits per heavy atom. The molecule has 2 nitrogen and oxygen atoms in total. The normalized spacial score (nSPS) is 9.55. The summed E-state index contributed by atoms with van der Waals surface area (Å²) in [6.45, 7) is 5.59. The van der Waals surface area contributed by atoms with Crippen LogP contribution in [-0.2, 0) is 0 Å². The van der Waals surface area contributed by atoms with Crippen LogP contribution in [0.5, 0.6) is 0 Å². The van der Waals surface area contributed by atoms with Gasteiger partial charge < -0.3 is 5.73 Å². The first-order valence-corrected chi connectivity index (χ1v) is 4.05. The summed E-state index contributed by atoms with van der Waals surface area (Å²) >= 11 is 1.40. The van der Waals surface area contributed by atoms with Crippen molar-refractivity contribution >= 4 is 11.8 Å². The maximum atomic E-state index is 5.42. The molecule has 0 unspecified atom stereocenters. The van der Waals surface area contributed by atoms with Crippen LogP contribution >= 0.6 is 11.8 Å². The highest BCUT2D eigenvalue weighted by molar-refractivity contribution is 8.03. The number of nitrogens with two attached hydrogens (primary N) is 1. The molecule has 0 aromatic carbocycles. The quantitative estimate of drug-likeness (QED) is 0.682. The van der Waals surface area contributed by atoms with E-state index in [0.717, 1.165) is 10.6 Å². The summed E-state index contributed by atoms with van der Waals surface area (Å²) in [4.78, 5) is 4.14. The Morgan fingerprint density at radius 2 is 2.45 bits per heavy atom. The van der Waals surface area contributed by atoms with Crippen molar-refractivity contribution in [2.24, 2.45) is 5.73 Å². The van der Waals surface area contributed by atoms with Gasteiger partial charge in [0.25, 0.3) is 0 Å². The summed E-state index contributed by atoms with van der Waals surface area (Å²) in [6, 6.07) is 3.90. The van der Waals surface area contributed by atoms with Gasteiger partial charge in [-0.2, -0.15) is 0 Å². The second-order valence-electron chi connectivity index (χ2n) is 2.19. The lowest BCUT2D eigenvalue weighted by atomic mass is 10.3. The van der Waals surface area contributed by atoms with Gasteiger partial charge in [0.15, 0.2) is 0 Å². The number of pyridine rings is 1.